The number of amides is 2. The highest BCUT2D eigenvalue weighted by atomic mass is 32.1. The third-order valence-corrected chi connectivity index (χ3v) is 6.14. The summed E-state index contributed by atoms with van der Waals surface area (Å²) in [4.78, 5) is 30.1. The third-order valence-electron chi connectivity index (χ3n) is 5.14. The quantitative estimate of drug-likeness (QED) is 0.576. The number of aryl methyl sites for hydroxylation is 1. The molecular formula is C23H28N2O4S. The van der Waals surface area contributed by atoms with E-state index in [-0.39, 0.29) is 31.0 Å². The van der Waals surface area contributed by atoms with Crippen molar-refractivity contribution in [3.8, 4) is 5.75 Å². The Labute approximate surface area is 181 Å². The highest BCUT2D eigenvalue weighted by Crippen LogP contribution is 2.34. The molecule has 2 amide bonds. The van der Waals surface area contributed by atoms with Crippen LogP contribution in [0.15, 0.2) is 48.4 Å². The van der Waals surface area contributed by atoms with Crippen molar-refractivity contribution < 1.29 is 19.1 Å². The Kier molecular flexibility index (Phi) is 7.65. The van der Waals surface area contributed by atoms with E-state index in [0.29, 0.717) is 19.7 Å². The first-order valence-electron chi connectivity index (χ1n) is 9.96. The molecule has 1 aliphatic heterocycles. The molecule has 7 heteroatoms. The molecule has 6 nitrogen and oxygen atoms in total. The van der Waals surface area contributed by atoms with E-state index in [0.717, 1.165) is 17.7 Å². The van der Waals surface area contributed by atoms with Gasteiger partial charge in [0.25, 0.3) is 0 Å². The summed E-state index contributed by atoms with van der Waals surface area (Å²) < 4.78 is 11.0. The average Bonchev–Trinajstić information content (AvgIpc) is 3.22. The molecule has 3 rings (SSSR count). The average molecular weight is 429 g/mol. The Morgan fingerprint density at radius 3 is 2.77 bits per heavy atom. The van der Waals surface area contributed by atoms with E-state index >= 15 is 0 Å². The molecule has 0 aliphatic carbocycles. The monoisotopic (exact) mass is 428 g/mol. The number of nitrogens with zero attached hydrogens (tertiary/aromatic N) is 2. The summed E-state index contributed by atoms with van der Waals surface area (Å²) in [6.45, 7) is 6.93. The maximum atomic E-state index is 13.2. The molecule has 2 aromatic rings. The smallest absolute Gasteiger partial charge is 0.249 e. The molecule has 1 atom stereocenters. The van der Waals surface area contributed by atoms with E-state index in [9.17, 15) is 9.59 Å². The van der Waals surface area contributed by atoms with Crippen molar-refractivity contribution >= 4 is 23.2 Å². The number of methoxy groups -OCH3 is 1. The van der Waals surface area contributed by atoms with Crippen LogP contribution in [0.4, 0.5) is 0 Å². The van der Waals surface area contributed by atoms with Gasteiger partial charge in [-0.25, -0.2) is 0 Å². The van der Waals surface area contributed by atoms with Gasteiger partial charge in [0, 0.05) is 25.1 Å². The summed E-state index contributed by atoms with van der Waals surface area (Å²) in [5.41, 5.74) is 2.30. The van der Waals surface area contributed by atoms with Crippen molar-refractivity contribution in [3.05, 3.63) is 64.4 Å². The zero-order valence-electron chi connectivity index (χ0n) is 17.5. The number of rotatable bonds is 9. The summed E-state index contributed by atoms with van der Waals surface area (Å²) in [6.07, 6.45) is 2.43. The normalized spacial score (nSPS) is 15.4. The number of carbonyl (C=O) groups excluding carboxylic acids is 2. The van der Waals surface area contributed by atoms with Crippen molar-refractivity contribution in [1.82, 2.24) is 9.80 Å². The molecule has 0 saturated carbocycles. The van der Waals surface area contributed by atoms with E-state index < -0.39 is 0 Å². The summed E-state index contributed by atoms with van der Waals surface area (Å²) in [7, 11) is 1.47. The lowest BCUT2D eigenvalue weighted by Gasteiger charge is -2.37. The molecule has 0 N–H and O–H groups in total. The van der Waals surface area contributed by atoms with Gasteiger partial charge in [0.1, 0.15) is 25.5 Å². The molecule has 30 heavy (non-hydrogen) atoms. The predicted molar refractivity (Wildman–Crippen MR) is 118 cm³/mol. The van der Waals surface area contributed by atoms with Crippen LogP contribution in [-0.2, 0) is 20.7 Å². The largest absolute Gasteiger partial charge is 0.491 e. The van der Waals surface area contributed by atoms with Crippen LogP contribution in [-0.4, -0.2) is 61.6 Å². The standard InChI is InChI=1S/C23H28N2O4S/c1-4-11-24(23(27)16-28-3)14-22(26)25-12-9-21-19(10-13-30-21)20(25)15-29-18-7-5-17(2)6-8-18/h4-8,10,13,20H,1,9,11-12,14-16H2,2-3H3/t20-/m1/s1. The Morgan fingerprint density at radius 2 is 2.07 bits per heavy atom. The molecular weight excluding hydrogens is 400 g/mol. The Balaban J connectivity index is 1.75. The molecule has 2 heterocycles. The minimum Gasteiger partial charge on any atom is -0.491 e. The molecule has 1 aromatic carbocycles. The van der Waals surface area contributed by atoms with Crippen LogP contribution in [0.2, 0.25) is 0 Å². The van der Waals surface area contributed by atoms with Gasteiger partial charge in [0.15, 0.2) is 0 Å². The first-order valence-corrected chi connectivity index (χ1v) is 10.8. The van der Waals surface area contributed by atoms with Gasteiger partial charge in [-0.2, -0.15) is 0 Å². The fourth-order valence-electron chi connectivity index (χ4n) is 3.56. The van der Waals surface area contributed by atoms with E-state index in [1.165, 1.54) is 22.5 Å². The maximum Gasteiger partial charge on any atom is 0.249 e. The molecule has 0 saturated heterocycles. The Morgan fingerprint density at radius 1 is 1.30 bits per heavy atom. The van der Waals surface area contributed by atoms with Gasteiger partial charge >= 0.3 is 0 Å². The number of fused-ring (bicyclic) bond motifs is 1. The number of carbonyl (C=O) groups is 2. The highest BCUT2D eigenvalue weighted by molar-refractivity contribution is 7.10. The lowest BCUT2D eigenvalue weighted by atomic mass is 10.0. The first-order chi connectivity index (χ1) is 14.5. The summed E-state index contributed by atoms with van der Waals surface area (Å²) >= 11 is 1.71. The van der Waals surface area contributed by atoms with Gasteiger partial charge < -0.3 is 19.3 Å². The predicted octanol–water partition coefficient (Wildman–Crippen LogP) is 3.22. The van der Waals surface area contributed by atoms with E-state index in [1.807, 2.05) is 36.1 Å². The van der Waals surface area contributed by atoms with Crippen LogP contribution in [0.1, 0.15) is 22.0 Å². The number of thiophene rings is 1. The number of ether oxygens (including phenoxy) is 2. The highest BCUT2D eigenvalue weighted by Gasteiger charge is 2.33. The van der Waals surface area contributed by atoms with Gasteiger partial charge in [0.05, 0.1) is 6.04 Å². The van der Waals surface area contributed by atoms with Crippen LogP contribution in [0.25, 0.3) is 0 Å². The molecule has 1 aromatic heterocycles. The van der Waals surface area contributed by atoms with Gasteiger partial charge in [-0.15, -0.1) is 17.9 Å². The van der Waals surface area contributed by atoms with Gasteiger partial charge in [-0.1, -0.05) is 23.8 Å². The zero-order valence-corrected chi connectivity index (χ0v) is 18.3. The Bertz CT molecular complexity index is 878. The zero-order chi connectivity index (χ0) is 21.5. The summed E-state index contributed by atoms with van der Waals surface area (Å²) in [5.74, 6) is 0.445. The number of hydrogen-bond acceptors (Lipinski definition) is 5. The van der Waals surface area contributed by atoms with E-state index in [1.54, 1.807) is 17.4 Å². The SMILES string of the molecule is C=CCN(CC(=O)N1CCc2sccc2[C@H]1COc1ccc(C)cc1)C(=O)COC. The number of hydrogen-bond donors (Lipinski definition) is 0. The molecule has 0 spiro atoms. The maximum absolute atomic E-state index is 13.2. The third kappa shape index (κ3) is 5.29. The van der Waals surface area contributed by atoms with Gasteiger partial charge in [0.2, 0.25) is 11.8 Å². The second kappa shape index (κ2) is 10.4. The lowest BCUT2D eigenvalue weighted by molar-refractivity contribution is -0.144. The minimum absolute atomic E-state index is 0.00524. The van der Waals surface area contributed by atoms with Crippen molar-refractivity contribution in [1.29, 1.82) is 0 Å². The molecule has 160 valence electrons. The summed E-state index contributed by atoms with van der Waals surface area (Å²) in [5, 5.41) is 2.06. The molecule has 0 unspecified atom stereocenters. The van der Waals surface area contributed by atoms with Crippen molar-refractivity contribution in [3.63, 3.8) is 0 Å². The van der Waals surface area contributed by atoms with Gasteiger partial charge in [-0.05, 0) is 42.5 Å². The topological polar surface area (TPSA) is 59.1 Å². The molecule has 0 radical (unpaired) electrons. The minimum atomic E-state index is -0.230. The van der Waals surface area contributed by atoms with Crippen LogP contribution < -0.4 is 4.74 Å². The van der Waals surface area contributed by atoms with Crippen LogP contribution in [0.3, 0.4) is 0 Å². The second-order valence-electron chi connectivity index (χ2n) is 7.27. The van der Waals surface area contributed by atoms with Crippen LogP contribution >= 0.6 is 11.3 Å². The molecule has 0 bridgehead atoms. The van der Waals surface area contributed by atoms with Crippen molar-refractivity contribution in [2.45, 2.75) is 19.4 Å². The first kappa shape index (κ1) is 22.1. The van der Waals surface area contributed by atoms with Crippen molar-refractivity contribution in [2.75, 3.05) is 40.0 Å². The number of benzene rings is 1. The lowest BCUT2D eigenvalue weighted by Crippen LogP contribution is -2.48. The molecule has 0 fully saturated rings. The van der Waals surface area contributed by atoms with E-state index in [2.05, 4.69) is 18.0 Å². The van der Waals surface area contributed by atoms with Crippen LogP contribution in [0, 0.1) is 6.92 Å². The Hall–Kier alpha value is -2.64. The fraction of sp³-hybridized carbons (Fsp3) is 0.391. The molecule has 1 aliphatic rings. The van der Waals surface area contributed by atoms with Crippen LogP contribution in [0.5, 0.6) is 5.75 Å². The second-order valence-corrected chi connectivity index (χ2v) is 8.27. The van der Waals surface area contributed by atoms with Crippen molar-refractivity contribution in [2.24, 2.45) is 0 Å². The van der Waals surface area contributed by atoms with Gasteiger partial charge in [-0.3, -0.25) is 9.59 Å². The van der Waals surface area contributed by atoms with E-state index in [4.69, 9.17) is 9.47 Å². The summed E-state index contributed by atoms with van der Waals surface area (Å²) in [6, 6.07) is 9.77. The fourth-order valence-corrected chi connectivity index (χ4v) is 4.49.